The van der Waals surface area contributed by atoms with Crippen molar-refractivity contribution in [2.75, 3.05) is 7.11 Å². The smallest absolute Gasteiger partial charge is 0.245 e. The molecule has 0 amide bonds. The highest BCUT2D eigenvalue weighted by molar-refractivity contribution is 5.32. The van der Waals surface area contributed by atoms with Crippen molar-refractivity contribution in [1.82, 2.24) is 0 Å². The molecular formula is C9H7F2NO. The molecule has 0 saturated heterocycles. The molecule has 0 aliphatic heterocycles. The van der Waals surface area contributed by atoms with E-state index in [1.807, 2.05) is 0 Å². The third-order valence-electron chi connectivity index (χ3n) is 1.61. The maximum atomic E-state index is 13.2. The Morgan fingerprint density at radius 3 is 2.69 bits per heavy atom. The zero-order chi connectivity index (χ0) is 9.84. The number of nitrogens with zero attached hydrogens (tertiary/aromatic N) is 1. The lowest BCUT2D eigenvalue weighted by molar-refractivity contribution is 0.381. The lowest BCUT2D eigenvalue weighted by Crippen LogP contribution is -1.97. The summed E-state index contributed by atoms with van der Waals surface area (Å²) in [5, 5.41) is 0. The van der Waals surface area contributed by atoms with Crippen molar-refractivity contribution in [1.29, 1.82) is 0 Å². The summed E-state index contributed by atoms with van der Waals surface area (Å²) in [7, 11) is 1.29. The largest absolute Gasteiger partial charge is 0.494 e. The normalized spacial score (nSPS) is 9.38. The molecular weight excluding hydrogens is 176 g/mol. The SMILES string of the molecule is [C-]#[N+]Cc1c(F)ccc(OC)c1F. The van der Waals surface area contributed by atoms with Gasteiger partial charge in [-0.3, -0.25) is 0 Å². The molecule has 0 unspecified atom stereocenters. The molecule has 2 nitrogen and oxygen atoms in total. The van der Waals surface area contributed by atoms with Gasteiger partial charge in [-0.15, -0.1) is 0 Å². The summed E-state index contributed by atoms with van der Waals surface area (Å²) in [5.74, 6) is -1.55. The monoisotopic (exact) mass is 183 g/mol. The molecule has 0 N–H and O–H groups in total. The fourth-order valence-corrected chi connectivity index (χ4v) is 0.958. The first-order valence-corrected chi connectivity index (χ1v) is 3.54. The van der Waals surface area contributed by atoms with Gasteiger partial charge in [0.05, 0.1) is 7.11 Å². The zero-order valence-electron chi connectivity index (χ0n) is 6.97. The Hall–Kier alpha value is -1.63. The van der Waals surface area contributed by atoms with E-state index in [-0.39, 0.29) is 17.9 Å². The molecule has 1 aromatic carbocycles. The molecule has 0 bridgehead atoms. The molecule has 4 heteroatoms. The van der Waals surface area contributed by atoms with E-state index in [1.165, 1.54) is 13.2 Å². The van der Waals surface area contributed by atoms with Crippen molar-refractivity contribution in [2.45, 2.75) is 6.54 Å². The van der Waals surface area contributed by atoms with Crippen molar-refractivity contribution in [3.05, 3.63) is 40.7 Å². The van der Waals surface area contributed by atoms with Crippen LogP contribution in [0.25, 0.3) is 4.85 Å². The van der Waals surface area contributed by atoms with Gasteiger partial charge in [-0.1, -0.05) is 0 Å². The highest BCUT2D eigenvalue weighted by Crippen LogP contribution is 2.23. The molecule has 0 heterocycles. The van der Waals surface area contributed by atoms with Gasteiger partial charge in [0.2, 0.25) is 6.54 Å². The number of rotatable bonds is 2. The van der Waals surface area contributed by atoms with Gasteiger partial charge in [0.1, 0.15) is 11.4 Å². The number of hydrogen-bond donors (Lipinski definition) is 0. The Morgan fingerprint density at radius 1 is 1.46 bits per heavy atom. The quantitative estimate of drug-likeness (QED) is 0.642. The Bertz CT molecular complexity index is 357. The van der Waals surface area contributed by atoms with Gasteiger partial charge in [-0.05, 0) is 12.1 Å². The Morgan fingerprint density at radius 2 is 2.15 bits per heavy atom. The summed E-state index contributed by atoms with van der Waals surface area (Å²) < 4.78 is 30.8. The summed E-state index contributed by atoms with van der Waals surface area (Å²) in [5.41, 5.74) is -0.241. The molecule has 0 radical (unpaired) electrons. The average Bonchev–Trinajstić information content (AvgIpc) is 2.12. The average molecular weight is 183 g/mol. The number of hydrogen-bond acceptors (Lipinski definition) is 1. The molecule has 1 rings (SSSR count). The van der Waals surface area contributed by atoms with Gasteiger partial charge in [-0.25, -0.2) is 15.4 Å². The van der Waals surface area contributed by atoms with E-state index < -0.39 is 11.6 Å². The second-order valence-corrected chi connectivity index (χ2v) is 2.36. The summed E-state index contributed by atoms with van der Waals surface area (Å²) in [6.45, 7) is 6.20. The Labute approximate surface area is 74.6 Å². The Balaban J connectivity index is 3.23. The summed E-state index contributed by atoms with van der Waals surface area (Å²) in [6.07, 6.45) is 0. The molecule has 0 aliphatic carbocycles. The van der Waals surface area contributed by atoms with Crippen molar-refractivity contribution in [2.24, 2.45) is 0 Å². The van der Waals surface area contributed by atoms with Crippen LogP contribution in [-0.2, 0) is 6.54 Å². The zero-order valence-corrected chi connectivity index (χ0v) is 6.97. The highest BCUT2D eigenvalue weighted by atomic mass is 19.1. The number of halogens is 2. The van der Waals surface area contributed by atoms with Crippen molar-refractivity contribution in [3.8, 4) is 5.75 Å². The van der Waals surface area contributed by atoms with Gasteiger partial charge in [-0.2, -0.15) is 0 Å². The van der Waals surface area contributed by atoms with Crippen LogP contribution in [0, 0.1) is 18.2 Å². The Kier molecular flexibility index (Phi) is 2.80. The van der Waals surface area contributed by atoms with E-state index >= 15 is 0 Å². The van der Waals surface area contributed by atoms with Gasteiger partial charge in [0.15, 0.2) is 11.6 Å². The predicted octanol–water partition coefficient (Wildman–Crippen LogP) is 2.39. The summed E-state index contributed by atoms with van der Waals surface area (Å²) >= 11 is 0. The minimum Gasteiger partial charge on any atom is -0.494 e. The molecule has 68 valence electrons. The third-order valence-corrected chi connectivity index (χ3v) is 1.61. The van der Waals surface area contributed by atoms with E-state index in [1.54, 1.807) is 0 Å². The third kappa shape index (κ3) is 1.75. The van der Waals surface area contributed by atoms with Crippen LogP contribution >= 0.6 is 0 Å². The molecule has 0 fully saturated rings. The fraction of sp³-hybridized carbons (Fsp3) is 0.222. The van der Waals surface area contributed by atoms with Crippen LogP contribution in [-0.4, -0.2) is 7.11 Å². The van der Waals surface area contributed by atoms with E-state index in [4.69, 9.17) is 6.57 Å². The van der Waals surface area contributed by atoms with Crippen molar-refractivity contribution >= 4 is 0 Å². The van der Waals surface area contributed by atoms with Gasteiger partial charge in [0.25, 0.3) is 0 Å². The van der Waals surface area contributed by atoms with Crippen LogP contribution in [0.3, 0.4) is 0 Å². The van der Waals surface area contributed by atoms with Gasteiger partial charge < -0.3 is 9.58 Å². The van der Waals surface area contributed by atoms with Crippen molar-refractivity contribution < 1.29 is 13.5 Å². The lowest BCUT2D eigenvalue weighted by Gasteiger charge is -2.03. The number of methoxy groups -OCH3 is 1. The van der Waals surface area contributed by atoms with Crippen LogP contribution < -0.4 is 4.74 Å². The van der Waals surface area contributed by atoms with Gasteiger partial charge >= 0.3 is 0 Å². The number of benzene rings is 1. The van der Waals surface area contributed by atoms with Gasteiger partial charge in [0, 0.05) is 0 Å². The molecule has 0 aromatic heterocycles. The highest BCUT2D eigenvalue weighted by Gasteiger charge is 2.15. The molecule has 0 aliphatic rings. The molecule has 1 aromatic rings. The molecule has 0 saturated carbocycles. The van der Waals surface area contributed by atoms with E-state index in [0.29, 0.717) is 0 Å². The van der Waals surface area contributed by atoms with Crippen LogP contribution in [0.2, 0.25) is 0 Å². The first-order valence-electron chi connectivity index (χ1n) is 3.54. The summed E-state index contributed by atoms with van der Waals surface area (Å²) in [4.78, 5) is 2.92. The fourth-order valence-electron chi connectivity index (χ4n) is 0.958. The lowest BCUT2D eigenvalue weighted by atomic mass is 10.2. The van der Waals surface area contributed by atoms with Crippen LogP contribution in [0.1, 0.15) is 5.56 Å². The van der Waals surface area contributed by atoms with Crippen LogP contribution in [0.15, 0.2) is 12.1 Å². The maximum Gasteiger partial charge on any atom is 0.245 e. The minimum atomic E-state index is -0.793. The number of ether oxygens (including phenoxy) is 1. The topological polar surface area (TPSA) is 13.6 Å². The maximum absolute atomic E-state index is 13.2. The van der Waals surface area contributed by atoms with E-state index in [0.717, 1.165) is 6.07 Å². The van der Waals surface area contributed by atoms with Crippen molar-refractivity contribution in [3.63, 3.8) is 0 Å². The van der Waals surface area contributed by atoms with E-state index in [9.17, 15) is 8.78 Å². The predicted molar refractivity (Wildman–Crippen MR) is 43.2 cm³/mol. The molecule has 0 atom stereocenters. The molecule has 0 spiro atoms. The van der Waals surface area contributed by atoms with Crippen LogP contribution in [0.4, 0.5) is 8.78 Å². The first kappa shape index (κ1) is 9.46. The first-order chi connectivity index (χ1) is 6.20. The second kappa shape index (κ2) is 3.85. The standard InChI is InChI=1S/C9H7F2NO/c1-12-5-6-7(10)3-4-8(13-2)9(6)11/h3-4H,5H2,2H3. The minimum absolute atomic E-state index is 0.0416. The van der Waals surface area contributed by atoms with E-state index in [2.05, 4.69) is 9.58 Å². The van der Waals surface area contributed by atoms with Crippen LogP contribution in [0.5, 0.6) is 5.75 Å². The second-order valence-electron chi connectivity index (χ2n) is 2.36. The molecule has 13 heavy (non-hydrogen) atoms. The summed E-state index contributed by atoms with van der Waals surface area (Å²) in [6, 6.07) is 2.28.